The largest absolute Gasteiger partial charge is 0.368 e. The Balaban J connectivity index is 0.000000271. The number of Topliss-reactive ketones (excluding diaryl/α,β-unsaturated/α-hetero) is 1. The summed E-state index contributed by atoms with van der Waals surface area (Å²) in [7, 11) is 0. The predicted octanol–water partition coefficient (Wildman–Crippen LogP) is 3.44. The van der Waals surface area contributed by atoms with Crippen LogP contribution in [0.5, 0.6) is 0 Å². The van der Waals surface area contributed by atoms with Gasteiger partial charge in [0.05, 0.1) is 6.54 Å². The van der Waals surface area contributed by atoms with Crippen molar-refractivity contribution in [2.24, 2.45) is 5.92 Å². The lowest BCUT2D eigenvalue weighted by molar-refractivity contribution is -0.132. The van der Waals surface area contributed by atoms with Crippen molar-refractivity contribution < 1.29 is 14.4 Å². The topological polar surface area (TPSA) is 73.0 Å². The Morgan fingerprint density at radius 2 is 1.74 bits per heavy atom. The maximum Gasteiger partial charge on any atom is 0.236 e. The molecule has 4 rings (SSSR count). The molecule has 1 N–H and O–H groups in total. The van der Waals surface area contributed by atoms with Crippen LogP contribution in [0.4, 0.5) is 11.4 Å². The first kappa shape index (κ1) is 25.4. The fourth-order valence-corrected chi connectivity index (χ4v) is 4.39. The van der Waals surface area contributed by atoms with Gasteiger partial charge in [0.25, 0.3) is 0 Å². The van der Waals surface area contributed by atoms with Crippen LogP contribution in [-0.2, 0) is 9.59 Å². The van der Waals surface area contributed by atoms with Gasteiger partial charge in [-0.15, -0.1) is 0 Å². The number of hydrogen-bond donors (Lipinski definition) is 1. The van der Waals surface area contributed by atoms with E-state index < -0.39 is 0 Å². The van der Waals surface area contributed by atoms with Gasteiger partial charge < -0.3 is 15.1 Å². The van der Waals surface area contributed by atoms with Crippen LogP contribution in [-0.4, -0.2) is 73.7 Å². The van der Waals surface area contributed by atoms with E-state index >= 15 is 0 Å². The average molecular weight is 465 g/mol. The lowest BCUT2D eigenvalue weighted by Crippen LogP contribution is -2.51. The van der Waals surface area contributed by atoms with Crippen molar-refractivity contribution in [1.82, 2.24) is 9.80 Å². The molecule has 2 saturated heterocycles. The van der Waals surface area contributed by atoms with Crippen molar-refractivity contribution in [3.8, 4) is 0 Å². The number of carbonyl (C=O) groups is 3. The molecule has 2 aromatic carbocycles. The third-order valence-electron chi connectivity index (χ3n) is 6.38. The summed E-state index contributed by atoms with van der Waals surface area (Å²) in [5.41, 5.74) is 3.86. The Kier molecular flexibility index (Phi) is 9.22. The maximum atomic E-state index is 12.5. The lowest BCUT2D eigenvalue weighted by atomic mass is 10.1. The molecule has 0 aliphatic carbocycles. The molecule has 2 heterocycles. The smallest absolute Gasteiger partial charge is 0.236 e. The minimum Gasteiger partial charge on any atom is -0.368 e. The van der Waals surface area contributed by atoms with Gasteiger partial charge in [0, 0.05) is 49.7 Å². The Labute approximate surface area is 202 Å². The van der Waals surface area contributed by atoms with E-state index in [0.717, 1.165) is 61.8 Å². The maximum absolute atomic E-state index is 12.5. The van der Waals surface area contributed by atoms with E-state index in [0.29, 0.717) is 18.9 Å². The summed E-state index contributed by atoms with van der Waals surface area (Å²) < 4.78 is 0. The van der Waals surface area contributed by atoms with Gasteiger partial charge in [-0.3, -0.25) is 19.3 Å². The average Bonchev–Trinajstić information content (AvgIpc) is 3.24. The SMILES string of the molecule is CC(=O)c1ccc(N2CCN(C(=O)CN3CCC(C)C3)CC2)cc1.Cc1cccc(NC=O)c1. The van der Waals surface area contributed by atoms with Crippen molar-refractivity contribution in [3.63, 3.8) is 0 Å². The molecule has 0 bridgehead atoms. The van der Waals surface area contributed by atoms with Crippen LogP contribution < -0.4 is 10.2 Å². The third kappa shape index (κ3) is 7.42. The zero-order valence-corrected chi connectivity index (χ0v) is 20.5. The van der Waals surface area contributed by atoms with E-state index in [-0.39, 0.29) is 11.7 Å². The molecule has 2 aliphatic rings. The standard InChI is InChI=1S/C19H27N3O2.C8H9NO/c1-15-7-8-20(13-15)14-19(24)22-11-9-21(10-12-22)18-5-3-17(4-6-18)16(2)23;1-7-3-2-4-8(5-7)9-6-10/h3-6,15H,7-14H2,1-2H3;2-6H,1H3,(H,9,10). The van der Waals surface area contributed by atoms with Crippen molar-refractivity contribution in [1.29, 1.82) is 0 Å². The van der Waals surface area contributed by atoms with Gasteiger partial charge >= 0.3 is 0 Å². The summed E-state index contributed by atoms with van der Waals surface area (Å²) in [6, 6.07) is 15.4. The molecular weight excluding hydrogens is 428 g/mol. The van der Waals surface area contributed by atoms with Crippen LogP contribution in [0.15, 0.2) is 48.5 Å². The number of amides is 2. The Bertz CT molecular complexity index is 968. The highest BCUT2D eigenvalue weighted by Crippen LogP contribution is 2.19. The van der Waals surface area contributed by atoms with E-state index in [1.165, 1.54) is 6.42 Å². The first-order valence-electron chi connectivity index (χ1n) is 12.0. The summed E-state index contributed by atoms with van der Waals surface area (Å²) >= 11 is 0. The van der Waals surface area contributed by atoms with Crippen LogP contribution in [0.2, 0.25) is 0 Å². The lowest BCUT2D eigenvalue weighted by Gasteiger charge is -2.36. The molecule has 1 atom stereocenters. The van der Waals surface area contributed by atoms with Gasteiger partial charge in [0.2, 0.25) is 12.3 Å². The number of likely N-dealkylation sites (tertiary alicyclic amines) is 1. The fraction of sp³-hybridized carbons (Fsp3) is 0.444. The highest BCUT2D eigenvalue weighted by atomic mass is 16.2. The number of hydrogen-bond acceptors (Lipinski definition) is 5. The zero-order valence-electron chi connectivity index (χ0n) is 20.5. The van der Waals surface area contributed by atoms with Crippen molar-refractivity contribution in [3.05, 3.63) is 59.7 Å². The fourth-order valence-electron chi connectivity index (χ4n) is 4.39. The quantitative estimate of drug-likeness (QED) is 0.524. The third-order valence-corrected chi connectivity index (χ3v) is 6.38. The summed E-state index contributed by atoms with van der Waals surface area (Å²) in [5.74, 6) is 1.07. The molecular formula is C27H36N4O3. The normalized spacial score (nSPS) is 18.1. The van der Waals surface area contributed by atoms with Gasteiger partial charge in [-0.1, -0.05) is 19.1 Å². The van der Waals surface area contributed by atoms with Gasteiger partial charge in [-0.25, -0.2) is 0 Å². The number of benzene rings is 2. The minimum absolute atomic E-state index is 0.0909. The summed E-state index contributed by atoms with van der Waals surface area (Å²) in [6.45, 7) is 11.7. The van der Waals surface area contributed by atoms with E-state index in [1.54, 1.807) is 6.92 Å². The molecule has 7 nitrogen and oxygen atoms in total. The van der Waals surface area contributed by atoms with E-state index in [4.69, 9.17) is 0 Å². The minimum atomic E-state index is 0.0909. The van der Waals surface area contributed by atoms with E-state index in [1.807, 2.05) is 60.4 Å². The second-order valence-corrected chi connectivity index (χ2v) is 9.23. The number of nitrogens with one attached hydrogen (secondary N) is 1. The van der Waals surface area contributed by atoms with Gasteiger partial charge in [-0.2, -0.15) is 0 Å². The van der Waals surface area contributed by atoms with Gasteiger partial charge in [-0.05, 0) is 74.7 Å². The number of aryl methyl sites for hydroxylation is 1. The summed E-state index contributed by atoms with van der Waals surface area (Å²) in [6.07, 6.45) is 1.88. The monoisotopic (exact) mass is 464 g/mol. The molecule has 2 aliphatic heterocycles. The summed E-state index contributed by atoms with van der Waals surface area (Å²) in [5, 5.41) is 2.57. The predicted molar refractivity (Wildman–Crippen MR) is 136 cm³/mol. The Morgan fingerprint density at radius 3 is 2.29 bits per heavy atom. The van der Waals surface area contributed by atoms with Crippen LogP contribution in [0.25, 0.3) is 0 Å². The molecule has 2 fully saturated rings. The molecule has 2 amide bonds. The van der Waals surface area contributed by atoms with E-state index in [9.17, 15) is 14.4 Å². The highest BCUT2D eigenvalue weighted by molar-refractivity contribution is 5.94. The van der Waals surface area contributed by atoms with Crippen molar-refractivity contribution >= 4 is 29.5 Å². The number of anilines is 2. The number of carbonyl (C=O) groups excluding carboxylic acids is 3. The molecule has 0 aromatic heterocycles. The first-order valence-corrected chi connectivity index (χ1v) is 12.0. The van der Waals surface area contributed by atoms with Crippen molar-refractivity contribution in [2.75, 3.05) is 56.0 Å². The molecule has 34 heavy (non-hydrogen) atoms. The van der Waals surface area contributed by atoms with Crippen LogP contribution in [0.3, 0.4) is 0 Å². The number of piperazine rings is 1. The van der Waals surface area contributed by atoms with Crippen molar-refractivity contribution in [2.45, 2.75) is 27.2 Å². The number of ketones is 1. The molecule has 182 valence electrons. The first-order chi connectivity index (χ1) is 16.4. The number of rotatable bonds is 6. The highest BCUT2D eigenvalue weighted by Gasteiger charge is 2.25. The second-order valence-electron chi connectivity index (χ2n) is 9.23. The summed E-state index contributed by atoms with van der Waals surface area (Å²) in [4.78, 5) is 40.3. The molecule has 2 aromatic rings. The molecule has 0 saturated carbocycles. The molecule has 0 radical (unpaired) electrons. The second kappa shape index (κ2) is 12.3. The molecule has 1 unspecified atom stereocenters. The molecule has 0 spiro atoms. The Hall–Kier alpha value is -3.19. The van der Waals surface area contributed by atoms with Crippen LogP contribution in [0, 0.1) is 12.8 Å². The van der Waals surface area contributed by atoms with E-state index in [2.05, 4.69) is 22.0 Å². The van der Waals surface area contributed by atoms with Crippen LogP contribution >= 0.6 is 0 Å². The van der Waals surface area contributed by atoms with Gasteiger partial charge in [0.1, 0.15) is 0 Å². The van der Waals surface area contributed by atoms with Crippen LogP contribution in [0.1, 0.15) is 36.2 Å². The van der Waals surface area contributed by atoms with Gasteiger partial charge in [0.15, 0.2) is 5.78 Å². The molecule has 7 heteroatoms. The Morgan fingerprint density at radius 1 is 1.03 bits per heavy atom. The number of nitrogens with zero attached hydrogens (tertiary/aromatic N) is 3. The zero-order chi connectivity index (χ0) is 24.5.